The van der Waals surface area contributed by atoms with E-state index < -0.39 is 24.3 Å². The minimum absolute atomic E-state index is 0.0656. The van der Waals surface area contributed by atoms with E-state index >= 15 is 0 Å². The fourth-order valence-electron chi connectivity index (χ4n) is 1.68. The van der Waals surface area contributed by atoms with Gasteiger partial charge in [-0.1, -0.05) is 11.6 Å². The summed E-state index contributed by atoms with van der Waals surface area (Å²) in [6, 6.07) is 7.22. The van der Waals surface area contributed by atoms with Crippen LogP contribution in [0.4, 0.5) is 10.1 Å². The maximum atomic E-state index is 13.4. The summed E-state index contributed by atoms with van der Waals surface area (Å²) in [5.74, 6) is -1.16. The molecule has 1 aromatic heterocycles. The van der Waals surface area contributed by atoms with Gasteiger partial charge < -0.3 is 14.5 Å². The number of hydrogen-bond acceptors (Lipinski definition) is 4. The van der Waals surface area contributed by atoms with Gasteiger partial charge in [0.25, 0.3) is 5.91 Å². The number of carbonyl (C=O) groups is 2. The average Bonchev–Trinajstić information content (AvgIpc) is 3.00. The van der Waals surface area contributed by atoms with Gasteiger partial charge in [0.15, 0.2) is 6.61 Å². The lowest BCUT2D eigenvalue weighted by atomic mass is 10.2. The van der Waals surface area contributed by atoms with Crippen molar-refractivity contribution in [3.8, 4) is 0 Å². The zero-order chi connectivity index (χ0) is 15.9. The molecule has 1 aromatic carbocycles. The predicted octanol–water partition coefficient (Wildman–Crippen LogP) is 3.19. The second-order valence-electron chi connectivity index (χ2n) is 4.41. The quantitative estimate of drug-likeness (QED) is 0.828. The molecule has 116 valence electrons. The summed E-state index contributed by atoms with van der Waals surface area (Å²) in [5.41, 5.74) is -0.0656. The summed E-state index contributed by atoms with van der Waals surface area (Å²) in [4.78, 5) is 23.1. The highest BCUT2D eigenvalue weighted by molar-refractivity contribution is 6.30. The van der Waals surface area contributed by atoms with E-state index in [1.807, 2.05) is 0 Å². The van der Waals surface area contributed by atoms with Gasteiger partial charge in [0.1, 0.15) is 11.6 Å². The SMILES string of the molecule is O=C(COC(=O)CCc1ccco1)Nc1cc(Cl)ccc1F. The van der Waals surface area contributed by atoms with Gasteiger partial charge in [-0.3, -0.25) is 9.59 Å². The first-order chi connectivity index (χ1) is 10.5. The van der Waals surface area contributed by atoms with Crippen molar-refractivity contribution < 1.29 is 23.1 Å². The second-order valence-corrected chi connectivity index (χ2v) is 4.85. The summed E-state index contributed by atoms with van der Waals surface area (Å²) in [6.07, 6.45) is 1.98. The topological polar surface area (TPSA) is 68.5 Å². The fourth-order valence-corrected chi connectivity index (χ4v) is 1.85. The lowest BCUT2D eigenvalue weighted by molar-refractivity contribution is -0.147. The lowest BCUT2D eigenvalue weighted by Gasteiger charge is -2.07. The molecule has 7 heteroatoms. The number of halogens is 2. The molecule has 0 saturated carbocycles. The minimum atomic E-state index is -0.646. The Bertz CT molecular complexity index is 658. The normalized spacial score (nSPS) is 10.3. The van der Waals surface area contributed by atoms with Crippen LogP contribution in [-0.4, -0.2) is 18.5 Å². The van der Waals surface area contributed by atoms with Crippen LogP contribution in [0.25, 0.3) is 0 Å². The van der Waals surface area contributed by atoms with Crippen LogP contribution < -0.4 is 5.32 Å². The van der Waals surface area contributed by atoms with E-state index in [0.717, 1.165) is 6.07 Å². The van der Waals surface area contributed by atoms with Gasteiger partial charge in [0.2, 0.25) is 0 Å². The maximum Gasteiger partial charge on any atom is 0.306 e. The van der Waals surface area contributed by atoms with Crippen LogP contribution >= 0.6 is 11.6 Å². The van der Waals surface area contributed by atoms with Crippen molar-refractivity contribution in [3.63, 3.8) is 0 Å². The van der Waals surface area contributed by atoms with Crippen LogP contribution in [0.1, 0.15) is 12.2 Å². The molecule has 0 atom stereocenters. The lowest BCUT2D eigenvalue weighted by Crippen LogP contribution is -2.21. The van der Waals surface area contributed by atoms with E-state index in [0.29, 0.717) is 12.2 Å². The Morgan fingerprint density at radius 1 is 1.32 bits per heavy atom. The molecule has 22 heavy (non-hydrogen) atoms. The molecule has 0 aliphatic heterocycles. The zero-order valence-corrected chi connectivity index (χ0v) is 12.2. The Morgan fingerprint density at radius 3 is 2.86 bits per heavy atom. The molecule has 1 amide bonds. The van der Waals surface area contributed by atoms with Gasteiger partial charge in [0, 0.05) is 11.4 Å². The highest BCUT2D eigenvalue weighted by Gasteiger charge is 2.11. The van der Waals surface area contributed by atoms with Gasteiger partial charge in [-0.15, -0.1) is 0 Å². The highest BCUT2D eigenvalue weighted by atomic mass is 35.5. The van der Waals surface area contributed by atoms with Crippen molar-refractivity contribution in [3.05, 3.63) is 53.2 Å². The van der Waals surface area contributed by atoms with Crippen molar-refractivity contribution in [1.29, 1.82) is 0 Å². The van der Waals surface area contributed by atoms with Gasteiger partial charge in [-0.2, -0.15) is 0 Å². The summed E-state index contributed by atoms with van der Waals surface area (Å²) >= 11 is 5.71. The molecule has 0 fully saturated rings. The Hall–Kier alpha value is -2.34. The van der Waals surface area contributed by atoms with E-state index in [-0.39, 0.29) is 17.1 Å². The van der Waals surface area contributed by atoms with E-state index in [2.05, 4.69) is 5.32 Å². The molecular formula is C15H13ClFNO4. The summed E-state index contributed by atoms with van der Waals surface area (Å²) in [5, 5.41) is 2.57. The molecule has 5 nitrogen and oxygen atoms in total. The van der Waals surface area contributed by atoms with Crippen LogP contribution in [0, 0.1) is 5.82 Å². The Morgan fingerprint density at radius 2 is 2.14 bits per heavy atom. The molecule has 0 radical (unpaired) electrons. The number of furan rings is 1. The van der Waals surface area contributed by atoms with E-state index in [9.17, 15) is 14.0 Å². The maximum absolute atomic E-state index is 13.4. The fraction of sp³-hybridized carbons (Fsp3) is 0.200. The molecule has 0 saturated heterocycles. The molecule has 2 aromatic rings. The van der Waals surface area contributed by atoms with Crippen LogP contribution in [0.5, 0.6) is 0 Å². The Kier molecular flexibility index (Phi) is 5.55. The van der Waals surface area contributed by atoms with Crippen LogP contribution in [0.15, 0.2) is 41.0 Å². The third kappa shape index (κ3) is 4.89. The van der Waals surface area contributed by atoms with Crippen molar-refractivity contribution in [2.75, 3.05) is 11.9 Å². The number of esters is 1. The molecule has 1 heterocycles. The summed E-state index contributed by atoms with van der Waals surface area (Å²) in [7, 11) is 0. The van der Waals surface area contributed by atoms with Gasteiger partial charge in [-0.05, 0) is 30.3 Å². The average molecular weight is 326 g/mol. The molecule has 0 unspecified atom stereocenters. The summed E-state index contributed by atoms with van der Waals surface area (Å²) in [6.45, 7) is -0.497. The smallest absolute Gasteiger partial charge is 0.306 e. The first-order valence-corrected chi connectivity index (χ1v) is 6.85. The number of hydrogen-bond donors (Lipinski definition) is 1. The van der Waals surface area contributed by atoms with E-state index in [1.165, 1.54) is 18.4 Å². The standard InChI is InChI=1S/C15H13ClFNO4/c16-10-3-5-12(17)13(8-10)18-14(19)9-22-15(20)6-4-11-2-1-7-21-11/h1-3,5,7-8H,4,6,9H2,(H,18,19). The Labute approximate surface area is 131 Å². The molecule has 0 aliphatic rings. The third-order valence-corrected chi connectivity index (χ3v) is 2.96. The van der Waals surface area contributed by atoms with Crippen molar-refractivity contribution >= 4 is 29.2 Å². The minimum Gasteiger partial charge on any atom is -0.469 e. The van der Waals surface area contributed by atoms with Crippen LogP contribution in [-0.2, 0) is 20.7 Å². The van der Waals surface area contributed by atoms with Crippen LogP contribution in [0.3, 0.4) is 0 Å². The number of benzene rings is 1. The number of carbonyl (C=O) groups excluding carboxylic acids is 2. The first kappa shape index (κ1) is 16.0. The molecule has 0 spiro atoms. The monoisotopic (exact) mass is 325 g/mol. The third-order valence-electron chi connectivity index (χ3n) is 2.72. The van der Waals surface area contributed by atoms with E-state index in [1.54, 1.807) is 12.1 Å². The predicted molar refractivity (Wildman–Crippen MR) is 78.0 cm³/mol. The van der Waals surface area contributed by atoms with Crippen molar-refractivity contribution in [2.24, 2.45) is 0 Å². The number of amides is 1. The molecule has 2 rings (SSSR count). The number of anilines is 1. The van der Waals surface area contributed by atoms with Gasteiger partial charge in [0.05, 0.1) is 18.4 Å². The van der Waals surface area contributed by atoms with Gasteiger partial charge >= 0.3 is 5.97 Å². The second kappa shape index (κ2) is 7.61. The number of nitrogens with one attached hydrogen (secondary N) is 1. The van der Waals surface area contributed by atoms with Crippen molar-refractivity contribution in [2.45, 2.75) is 12.8 Å². The van der Waals surface area contributed by atoms with Gasteiger partial charge in [-0.25, -0.2) is 4.39 Å². The number of aryl methyl sites for hydroxylation is 1. The number of rotatable bonds is 6. The molecule has 1 N–H and O–H groups in total. The van der Waals surface area contributed by atoms with Crippen LogP contribution in [0.2, 0.25) is 5.02 Å². The molecular weight excluding hydrogens is 313 g/mol. The number of ether oxygens (including phenoxy) is 1. The Balaban J connectivity index is 1.75. The van der Waals surface area contributed by atoms with E-state index in [4.69, 9.17) is 20.8 Å². The van der Waals surface area contributed by atoms with Crippen molar-refractivity contribution in [1.82, 2.24) is 0 Å². The highest BCUT2D eigenvalue weighted by Crippen LogP contribution is 2.19. The summed E-state index contributed by atoms with van der Waals surface area (Å²) < 4.78 is 23.3. The molecule has 0 aliphatic carbocycles. The zero-order valence-electron chi connectivity index (χ0n) is 11.5. The molecule has 0 bridgehead atoms. The largest absolute Gasteiger partial charge is 0.469 e. The first-order valence-electron chi connectivity index (χ1n) is 6.47.